The monoisotopic (exact) mass is 272 g/mol. The van der Waals surface area contributed by atoms with Crippen LogP contribution in [0.4, 0.5) is 0 Å². The molecule has 1 saturated heterocycles. The quantitative estimate of drug-likeness (QED) is 0.807. The van der Waals surface area contributed by atoms with Crippen molar-refractivity contribution in [3.8, 4) is 6.07 Å². The molecular formula is C16H24N4. The molecule has 108 valence electrons. The van der Waals surface area contributed by atoms with E-state index in [1.54, 1.807) is 6.20 Å². The first-order valence-electron chi connectivity index (χ1n) is 7.59. The lowest BCUT2D eigenvalue weighted by Crippen LogP contribution is -2.38. The number of aromatic nitrogens is 1. The third-order valence-electron chi connectivity index (χ3n) is 4.01. The molecule has 1 aromatic rings. The van der Waals surface area contributed by atoms with E-state index < -0.39 is 0 Å². The van der Waals surface area contributed by atoms with E-state index in [0.717, 1.165) is 24.7 Å². The molecular weight excluding hydrogens is 248 g/mol. The van der Waals surface area contributed by atoms with Crippen LogP contribution >= 0.6 is 0 Å². The van der Waals surface area contributed by atoms with E-state index in [1.807, 2.05) is 12.1 Å². The van der Waals surface area contributed by atoms with Crippen LogP contribution in [-0.4, -0.2) is 35.6 Å². The van der Waals surface area contributed by atoms with Gasteiger partial charge in [-0.15, -0.1) is 0 Å². The van der Waals surface area contributed by atoms with Crippen molar-refractivity contribution in [3.63, 3.8) is 0 Å². The van der Waals surface area contributed by atoms with Crippen LogP contribution in [0, 0.1) is 11.3 Å². The zero-order valence-corrected chi connectivity index (χ0v) is 12.3. The molecule has 0 amide bonds. The van der Waals surface area contributed by atoms with E-state index in [2.05, 4.69) is 28.2 Å². The average molecular weight is 272 g/mol. The summed E-state index contributed by atoms with van der Waals surface area (Å²) in [6.07, 6.45) is 6.97. The predicted octanol–water partition coefficient (Wildman–Crippen LogP) is 2.31. The number of piperidine rings is 1. The van der Waals surface area contributed by atoms with Gasteiger partial charge in [-0.05, 0) is 63.5 Å². The van der Waals surface area contributed by atoms with Crippen LogP contribution in [0.2, 0.25) is 0 Å². The van der Waals surface area contributed by atoms with Crippen molar-refractivity contribution in [1.29, 1.82) is 5.26 Å². The number of nitrogens with one attached hydrogen (secondary N) is 1. The Hall–Kier alpha value is -1.44. The zero-order valence-electron chi connectivity index (χ0n) is 12.3. The molecule has 0 radical (unpaired) electrons. The summed E-state index contributed by atoms with van der Waals surface area (Å²) in [5, 5.41) is 12.2. The number of hydrogen-bond donors (Lipinski definition) is 1. The van der Waals surface area contributed by atoms with Crippen LogP contribution in [-0.2, 0) is 6.54 Å². The third-order valence-corrected chi connectivity index (χ3v) is 4.01. The minimum atomic E-state index is 0.492. The highest BCUT2D eigenvalue weighted by Gasteiger charge is 2.16. The van der Waals surface area contributed by atoms with Gasteiger partial charge in [0, 0.05) is 18.8 Å². The molecule has 1 N–H and O–H groups in total. The maximum absolute atomic E-state index is 8.80. The van der Waals surface area contributed by atoms with Gasteiger partial charge in [0.15, 0.2) is 0 Å². The van der Waals surface area contributed by atoms with E-state index in [0.29, 0.717) is 5.69 Å². The van der Waals surface area contributed by atoms with Crippen LogP contribution in [0.3, 0.4) is 0 Å². The summed E-state index contributed by atoms with van der Waals surface area (Å²) in [5.41, 5.74) is 1.62. The normalized spacial score (nSPS) is 19.7. The fourth-order valence-corrected chi connectivity index (χ4v) is 2.78. The summed E-state index contributed by atoms with van der Waals surface area (Å²) in [5.74, 6) is 0. The molecule has 4 nitrogen and oxygen atoms in total. The highest BCUT2D eigenvalue weighted by molar-refractivity contribution is 5.25. The maximum atomic E-state index is 8.80. The van der Waals surface area contributed by atoms with Gasteiger partial charge in [-0.2, -0.15) is 5.26 Å². The molecule has 1 aliphatic heterocycles. The first-order valence-corrected chi connectivity index (χ1v) is 7.59. The fourth-order valence-electron chi connectivity index (χ4n) is 2.78. The third kappa shape index (κ3) is 4.59. The predicted molar refractivity (Wildman–Crippen MR) is 80.2 cm³/mol. The second kappa shape index (κ2) is 7.98. The largest absolute Gasteiger partial charge is 0.313 e. The lowest BCUT2D eigenvalue weighted by molar-refractivity contribution is 0.159. The number of nitriles is 1. The number of hydrogen-bond acceptors (Lipinski definition) is 4. The number of nitrogens with zero attached hydrogens (tertiary/aromatic N) is 3. The number of pyridine rings is 1. The van der Waals surface area contributed by atoms with Crippen LogP contribution in [0.15, 0.2) is 18.3 Å². The average Bonchev–Trinajstić information content (AvgIpc) is 2.49. The molecule has 1 unspecified atom stereocenters. The number of rotatable bonds is 6. The van der Waals surface area contributed by atoms with Gasteiger partial charge in [-0.25, -0.2) is 4.98 Å². The van der Waals surface area contributed by atoms with E-state index >= 15 is 0 Å². The van der Waals surface area contributed by atoms with Crippen LogP contribution in [0.1, 0.15) is 43.9 Å². The smallest absolute Gasteiger partial charge is 0.140 e. The lowest BCUT2D eigenvalue weighted by Gasteiger charge is -2.33. The molecule has 2 heterocycles. The number of likely N-dealkylation sites (tertiary alicyclic amines) is 1. The second-order valence-corrected chi connectivity index (χ2v) is 5.57. The summed E-state index contributed by atoms with van der Waals surface area (Å²) in [6, 6.07) is 6.63. The summed E-state index contributed by atoms with van der Waals surface area (Å²) < 4.78 is 0. The standard InChI is InChI=1S/C16H24N4/c1-14-5-2-3-9-20(14)10-4-7-18-13-15-6-8-19-16(11-15)12-17/h6,8,11,14,18H,2-5,7,9-10,13H2,1H3. The van der Waals surface area contributed by atoms with Crippen LogP contribution in [0.5, 0.6) is 0 Å². The first-order chi connectivity index (χ1) is 9.79. The van der Waals surface area contributed by atoms with Gasteiger partial charge in [0.1, 0.15) is 11.8 Å². The van der Waals surface area contributed by atoms with Crippen molar-refractivity contribution < 1.29 is 0 Å². The van der Waals surface area contributed by atoms with Crippen molar-refractivity contribution in [2.75, 3.05) is 19.6 Å². The van der Waals surface area contributed by atoms with Gasteiger partial charge >= 0.3 is 0 Å². The van der Waals surface area contributed by atoms with Crippen LogP contribution < -0.4 is 5.32 Å². The maximum Gasteiger partial charge on any atom is 0.140 e. The molecule has 0 bridgehead atoms. The van der Waals surface area contributed by atoms with Crippen molar-refractivity contribution in [3.05, 3.63) is 29.6 Å². The van der Waals surface area contributed by atoms with Gasteiger partial charge < -0.3 is 10.2 Å². The lowest BCUT2D eigenvalue weighted by atomic mass is 10.0. The minimum Gasteiger partial charge on any atom is -0.313 e. The molecule has 4 heteroatoms. The molecule has 1 atom stereocenters. The van der Waals surface area contributed by atoms with E-state index in [-0.39, 0.29) is 0 Å². The first kappa shape index (κ1) is 15.0. The minimum absolute atomic E-state index is 0.492. The van der Waals surface area contributed by atoms with E-state index in [1.165, 1.54) is 38.8 Å². The molecule has 20 heavy (non-hydrogen) atoms. The Bertz CT molecular complexity index is 452. The Balaban J connectivity index is 1.62. The summed E-state index contributed by atoms with van der Waals surface area (Å²) >= 11 is 0. The van der Waals surface area contributed by atoms with Gasteiger partial charge in [0.05, 0.1) is 0 Å². The second-order valence-electron chi connectivity index (χ2n) is 5.57. The highest BCUT2D eigenvalue weighted by Crippen LogP contribution is 2.16. The molecule has 0 spiro atoms. The Morgan fingerprint density at radius 1 is 1.50 bits per heavy atom. The summed E-state index contributed by atoms with van der Waals surface area (Å²) in [6.45, 7) is 6.62. The van der Waals surface area contributed by atoms with Crippen molar-refractivity contribution >= 4 is 0 Å². The Morgan fingerprint density at radius 3 is 3.20 bits per heavy atom. The molecule has 1 fully saturated rings. The van der Waals surface area contributed by atoms with Gasteiger partial charge in [-0.3, -0.25) is 0 Å². The molecule has 0 aliphatic carbocycles. The highest BCUT2D eigenvalue weighted by atomic mass is 15.2. The molecule has 2 rings (SSSR count). The van der Waals surface area contributed by atoms with Crippen molar-refractivity contribution in [1.82, 2.24) is 15.2 Å². The topological polar surface area (TPSA) is 52.0 Å². The van der Waals surface area contributed by atoms with E-state index in [4.69, 9.17) is 5.26 Å². The van der Waals surface area contributed by atoms with Gasteiger partial charge in [0.2, 0.25) is 0 Å². The summed E-state index contributed by atoms with van der Waals surface area (Å²) in [7, 11) is 0. The van der Waals surface area contributed by atoms with Crippen molar-refractivity contribution in [2.24, 2.45) is 0 Å². The van der Waals surface area contributed by atoms with Gasteiger partial charge in [0.25, 0.3) is 0 Å². The fraction of sp³-hybridized carbons (Fsp3) is 0.625. The zero-order chi connectivity index (χ0) is 14.2. The molecule has 1 aromatic heterocycles. The Kier molecular flexibility index (Phi) is 5.97. The summed E-state index contributed by atoms with van der Waals surface area (Å²) in [4.78, 5) is 6.58. The SMILES string of the molecule is CC1CCCCN1CCCNCc1ccnc(C#N)c1. The van der Waals surface area contributed by atoms with E-state index in [9.17, 15) is 0 Å². The molecule has 0 saturated carbocycles. The Morgan fingerprint density at radius 2 is 2.40 bits per heavy atom. The van der Waals surface area contributed by atoms with Crippen molar-refractivity contribution in [2.45, 2.75) is 45.2 Å². The van der Waals surface area contributed by atoms with Crippen LogP contribution in [0.25, 0.3) is 0 Å². The molecule has 1 aliphatic rings. The Labute approximate surface area is 121 Å². The molecule has 0 aromatic carbocycles. The van der Waals surface area contributed by atoms with Gasteiger partial charge in [-0.1, -0.05) is 6.42 Å².